The zero-order valence-electron chi connectivity index (χ0n) is 17.5. The van der Waals surface area contributed by atoms with E-state index in [2.05, 4.69) is 16.9 Å². The molecule has 2 saturated heterocycles. The minimum atomic E-state index is -0.131. The number of likely N-dealkylation sites (N-methyl/N-ethyl adjacent to an activating group) is 1. The van der Waals surface area contributed by atoms with Gasteiger partial charge in [-0.25, -0.2) is 0 Å². The summed E-state index contributed by atoms with van der Waals surface area (Å²) in [4.78, 5) is 35.5. The second-order valence-electron chi connectivity index (χ2n) is 8.07. The predicted octanol–water partition coefficient (Wildman–Crippen LogP) is 1.49. The van der Waals surface area contributed by atoms with Crippen molar-refractivity contribution in [3.63, 3.8) is 0 Å². The maximum atomic E-state index is 12.9. The maximum absolute atomic E-state index is 12.9. The Balaban J connectivity index is 1.65. The summed E-state index contributed by atoms with van der Waals surface area (Å²) >= 11 is 0. The van der Waals surface area contributed by atoms with Crippen molar-refractivity contribution in [2.45, 2.75) is 45.1 Å². The van der Waals surface area contributed by atoms with Crippen LogP contribution in [0.2, 0.25) is 0 Å². The normalized spacial score (nSPS) is 23.8. The van der Waals surface area contributed by atoms with Crippen molar-refractivity contribution in [2.24, 2.45) is 0 Å². The van der Waals surface area contributed by atoms with Gasteiger partial charge in [0.25, 0.3) is 5.91 Å². The molecule has 0 unspecified atom stereocenters. The van der Waals surface area contributed by atoms with Crippen molar-refractivity contribution < 1.29 is 14.3 Å². The first-order valence-corrected chi connectivity index (χ1v) is 10.2. The average molecular weight is 389 g/mol. The number of likely N-dealkylation sites (tertiary alicyclic amines) is 1. The molecule has 1 atom stereocenters. The van der Waals surface area contributed by atoms with Crippen LogP contribution in [0.4, 0.5) is 0 Å². The number of rotatable bonds is 4. The van der Waals surface area contributed by atoms with E-state index in [4.69, 9.17) is 4.74 Å². The van der Waals surface area contributed by atoms with E-state index in [0.717, 1.165) is 43.7 Å². The van der Waals surface area contributed by atoms with Gasteiger partial charge in [-0.1, -0.05) is 6.92 Å². The lowest BCUT2D eigenvalue weighted by molar-refractivity contribution is -0.139. The number of ether oxygens (including phenoxy) is 1. The number of hydrogen-bond donors (Lipinski definition) is 0. The van der Waals surface area contributed by atoms with Crippen molar-refractivity contribution in [3.8, 4) is 5.75 Å². The minimum absolute atomic E-state index is 0.000897. The SMILES string of the molecule is CCc1nc(C)ccc1OCC(=O)N1CCN(C)[C@]2(CCC(=O)N(C)CC2)C1. The molecule has 0 aliphatic carbocycles. The predicted molar refractivity (Wildman–Crippen MR) is 107 cm³/mol. The van der Waals surface area contributed by atoms with Gasteiger partial charge in [-0.3, -0.25) is 19.5 Å². The third-order valence-corrected chi connectivity index (χ3v) is 6.25. The molecule has 2 fully saturated rings. The molecule has 1 aromatic rings. The third kappa shape index (κ3) is 4.29. The summed E-state index contributed by atoms with van der Waals surface area (Å²) in [5.74, 6) is 0.877. The number of amides is 2. The molecular weight excluding hydrogens is 356 g/mol. The van der Waals surface area contributed by atoms with E-state index in [-0.39, 0.29) is 24.0 Å². The first-order chi connectivity index (χ1) is 13.3. The molecule has 2 aliphatic rings. The fourth-order valence-electron chi connectivity index (χ4n) is 4.18. The van der Waals surface area contributed by atoms with Crippen molar-refractivity contribution in [2.75, 3.05) is 46.9 Å². The highest BCUT2D eigenvalue weighted by Crippen LogP contribution is 2.32. The van der Waals surface area contributed by atoms with Crippen LogP contribution in [0.15, 0.2) is 12.1 Å². The molecule has 0 bridgehead atoms. The topological polar surface area (TPSA) is 66.0 Å². The number of aromatic nitrogens is 1. The van der Waals surface area contributed by atoms with Gasteiger partial charge in [-0.2, -0.15) is 0 Å². The zero-order valence-corrected chi connectivity index (χ0v) is 17.5. The maximum Gasteiger partial charge on any atom is 0.260 e. The van der Waals surface area contributed by atoms with Crippen LogP contribution in [-0.4, -0.2) is 83.9 Å². The fourth-order valence-corrected chi connectivity index (χ4v) is 4.18. The van der Waals surface area contributed by atoms with Crippen LogP contribution in [0, 0.1) is 6.92 Å². The first kappa shape index (κ1) is 20.6. The zero-order chi connectivity index (χ0) is 20.3. The van der Waals surface area contributed by atoms with E-state index >= 15 is 0 Å². The Labute approximate surface area is 167 Å². The molecule has 2 amide bonds. The van der Waals surface area contributed by atoms with E-state index in [1.165, 1.54) is 0 Å². The van der Waals surface area contributed by atoms with Gasteiger partial charge in [0.1, 0.15) is 5.75 Å². The van der Waals surface area contributed by atoms with Gasteiger partial charge in [0, 0.05) is 50.9 Å². The fraction of sp³-hybridized carbons (Fsp3) is 0.667. The van der Waals surface area contributed by atoms with Gasteiger partial charge < -0.3 is 14.5 Å². The van der Waals surface area contributed by atoms with E-state index in [1.54, 1.807) is 0 Å². The highest BCUT2D eigenvalue weighted by molar-refractivity contribution is 5.78. The van der Waals surface area contributed by atoms with Crippen LogP contribution >= 0.6 is 0 Å². The number of pyridine rings is 1. The van der Waals surface area contributed by atoms with Gasteiger partial charge in [-0.15, -0.1) is 0 Å². The highest BCUT2D eigenvalue weighted by Gasteiger charge is 2.42. The van der Waals surface area contributed by atoms with E-state index in [1.807, 2.05) is 42.8 Å². The lowest BCUT2D eigenvalue weighted by Crippen LogP contribution is -2.62. The molecule has 3 rings (SSSR count). The first-order valence-electron chi connectivity index (χ1n) is 10.2. The second-order valence-corrected chi connectivity index (χ2v) is 8.07. The molecule has 154 valence electrons. The van der Waals surface area contributed by atoms with Gasteiger partial charge in [0.05, 0.1) is 5.69 Å². The summed E-state index contributed by atoms with van der Waals surface area (Å²) in [6.45, 7) is 6.90. The van der Waals surface area contributed by atoms with Crippen LogP contribution in [0.25, 0.3) is 0 Å². The van der Waals surface area contributed by atoms with Crippen LogP contribution in [0.3, 0.4) is 0 Å². The Morgan fingerprint density at radius 3 is 2.75 bits per heavy atom. The molecule has 7 nitrogen and oxygen atoms in total. The van der Waals surface area contributed by atoms with Crippen LogP contribution in [0.1, 0.15) is 37.6 Å². The highest BCUT2D eigenvalue weighted by atomic mass is 16.5. The number of aryl methyl sites for hydroxylation is 2. The Bertz CT molecular complexity index is 738. The van der Waals surface area contributed by atoms with E-state index in [9.17, 15) is 9.59 Å². The number of carbonyl (C=O) groups excluding carboxylic acids is 2. The minimum Gasteiger partial charge on any atom is -0.482 e. The van der Waals surface area contributed by atoms with Crippen LogP contribution in [0.5, 0.6) is 5.75 Å². The average Bonchev–Trinajstić information content (AvgIpc) is 2.83. The molecule has 28 heavy (non-hydrogen) atoms. The summed E-state index contributed by atoms with van der Waals surface area (Å²) in [6, 6.07) is 3.80. The summed E-state index contributed by atoms with van der Waals surface area (Å²) in [6.07, 6.45) is 2.98. The van der Waals surface area contributed by atoms with Crippen molar-refractivity contribution >= 4 is 11.8 Å². The second kappa shape index (κ2) is 8.47. The summed E-state index contributed by atoms with van der Waals surface area (Å²) < 4.78 is 5.83. The lowest BCUT2D eigenvalue weighted by Gasteiger charge is -2.49. The molecular formula is C21H32N4O3. The Hall–Kier alpha value is -2.15. The van der Waals surface area contributed by atoms with Crippen molar-refractivity contribution in [1.82, 2.24) is 19.7 Å². The van der Waals surface area contributed by atoms with Gasteiger partial charge in [-0.05, 0) is 45.4 Å². The number of piperazine rings is 1. The number of hydrogen-bond acceptors (Lipinski definition) is 5. The summed E-state index contributed by atoms with van der Waals surface area (Å²) in [5.41, 5.74) is 1.70. The Morgan fingerprint density at radius 2 is 2.00 bits per heavy atom. The summed E-state index contributed by atoms with van der Waals surface area (Å²) in [5, 5.41) is 0. The molecule has 0 aromatic carbocycles. The molecule has 1 aromatic heterocycles. The smallest absolute Gasteiger partial charge is 0.260 e. The number of carbonyl (C=O) groups is 2. The molecule has 7 heteroatoms. The largest absolute Gasteiger partial charge is 0.482 e. The third-order valence-electron chi connectivity index (χ3n) is 6.25. The van der Waals surface area contributed by atoms with Gasteiger partial charge >= 0.3 is 0 Å². The monoisotopic (exact) mass is 388 g/mol. The van der Waals surface area contributed by atoms with Crippen LogP contribution in [-0.2, 0) is 16.0 Å². The Morgan fingerprint density at radius 1 is 1.21 bits per heavy atom. The molecule has 2 aliphatic heterocycles. The quantitative estimate of drug-likeness (QED) is 0.782. The van der Waals surface area contributed by atoms with Crippen LogP contribution < -0.4 is 4.74 Å². The van der Waals surface area contributed by atoms with Gasteiger partial charge in [0.2, 0.25) is 5.91 Å². The summed E-state index contributed by atoms with van der Waals surface area (Å²) in [7, 11) is 3.97. The lowest BCUT2D eigenvalue weighted by atomic mass is 9.86. The van der Waals surface area contributed by atoms with Crippen molar-refractivity contribution in [1.29, 1.82) is 0 Å². The molecule has 0 N–H and O–H groups in total. The van der Waals surface area contributed by atoms with E-state index in [0.29, 0.717) is 25.3 Å². The molecule has 0 radical (unpaired) electrons. The Kier molecular flexibility index (Phi) is 6.23. The molecule has 0 saturated carbocycles. The van der Waals surface area contributed by atoms with E-state index < -0.39 is 0 Å². The number of nitrogens with zero attached hydrogens (tertiary/aromatic N) is 4. The van der Waals surface area contributed by atoms with Gasteiger partial charge in [0.15, 0.2) is 6.61 Å². The molecule has 3 heterocycles. The standard InChI is InChI=1S/C21H32N4O3/c1-5-17-18(7-6-16(2)22-17)28-14-20(27)25-13-12-24(4)21(15-25)9-8-19(26)23(3)11-10-21/h6-7H,5,8-15H2,1-4H3/t21-/m0/s1. The van der Waals surface area contributed by atoms with Crippen molar-refractivity contribution in [3.05, 3.63) is 23.5 Å². The molecule has 1 spiro atoms.